The Hall–Kier alpha value is -1.44. The molecule has 19 heavy (non-hydrogen) atoms. The number of nitrogens with two attached hydrogens (primary N) is 1. The van der Waals surface area contributed by atoms with E-state index in [2.05, 4.69) is 9.71 Å². The summed E-state index contributed by atoms with van der Waals surface area (Å²) in [6.45, 7) is 4.05. The lowest BCUT2D eigenvalue weighted by molar-refractivity contribution is 0.601. The highest BCUT2D eigenvalue weighted by Crippen LogP contribution is 2.24. The highest BCUT2D eigenvalue weighted by Gasteiger charge is 2.16. The molecule has 1 aromatic carbocycles. The third-order valence-electron chi connectivity index (χ3n) is 2.69. The summed E-state index contributed by atoms with van der Waals surface area (Å²) in [7, 11) is -3.61. The third-order valence-corrected chi connectivity index (χ3v) is 5.15. The van der Waals surface area contributed by atoms with E-state index in [1.807, 2.05) is 13.8 Å². The average molecular weight is 297 g/mol. The maximum absolute atomic E-state index is 12.2. The van der Waals surface area contributed by atoms with E-state index in [1.54, 1.807) is 18.2 Å². The molecule has 102 valence electrons. The number of aryl methyl sites for hydroxylation is 2. The number of anilines is 1. The second-order valence-corrected chi connectivity index (χ2v) is 7.00. The lowest BCUT2D eigenvalue weighted by atomic mass is 10.2. The van der Waals surface area contributed by atoms with Crippen molar-refractivity contribution >= 4 is 26.5 Å². The molecule has 0 saturated heterocycles. The van der Waals surface area contributed by atoms with E-state index in [0.717, 1.165) is 16.1 Å². The van der Waals surface area contributed by atoms with Crippen LogP contribution in [0.3, 0.4) is 0 Å². The number of nitrogens with one attached hydrogen (secondary N) is 1. The van der Waals surface area contributed by atoms with E-state index in [1.165, 1.54) is 17.4 Å². The molecule has 1 aromatic heterocycles. The summed E-state index contributed by atoms with van der Waals surface area (Å²) < 4.78 is 26.9. The van der Waals surface area contributed by atoms with Crippen LogP contribution in [-0.2, 0) is 16.6 Å². The summed E-state index contributed by atoms with van der Waals surface area (Å²) in [6, 6.07) is 6.57. The van der Waals surface area contributed by atoms with Crippen molar-refractivity contribution in [3.05, 3.63) is 40.4 Å². The fourth-order valence-corrected chi connectivity index (χ4v) is 3.65. The van der Waals surface area contributed by atoms with Crippen LogP contribution >= 0.6 is 11.3 Å². The van der Waals surface area contributed by atoms with Crippen LogP contribution in [0.1, 0.15) is 16.1 Å². The lowest BCUT2D eigenvalue weighted by Gasteiger charge is -2.06. The van der Waals surface area contributed by atoms with Crippen molar-refractivity contribution in [1.29, 1.82) is 0 Å². The van der Waals surface area contributed by atoms with Crippen LogP contribution in [-0.4, -0.2) is 13.4 Å². The van der Waals surface area contributed by atoms with Gasteiger partial charge < -0.3 is 5.73 Å². The topological polar surface area (TPSA) is 85.1 Å². The summed E-state index contributed by atoms with van der Waals surface area (Å²) in [5.41, 5.74) is 7.12. The molecule has 7 heteroatoms. The first-order valence-corrected chi connectivity index (χ1v) is 7.98. The van der Waals surface area contributed by atoms with Crippen molar-refractivity contribution < 1.29 is 8.42 Å². The van der Waals surface area contributed by atoms with E-state index < -0.39 is 10.0 Å². The van der Waals surface area contributed by atoms with Gasteiger partial charge >= 0.3 is 0 Å². The minimum Gasteiger partial charge on any atom is -0.326 e. The van der Waals surface area contributed by atoms with Crippen molar-refractivity contribution in [1.82, 2.24) is 4.98 Å². The fourth-order valence-electron chi connectivity index (χ4n) is 1.53. The minimum atomic E-state index is -3.61. The molecule has 0 radical (unpaired) electrons. The van der Waals surface area contributed by atoms with Crippen LogP contribution in [0.2, 0.25) is 0 Å². The number of hydrogen-bond acceptors (Lipinski definition) is 5. The number of aromatic nitrogens is 1. The predicted octanol–water partition coefficient (Wildman–Crippen LogP) is 2.02. The zero-order valence-corrected chi connectivity index (χ0v) is 12.3. The lowest BCUT2D eigenvalue weighted by Crippen LogP contribution is -2.13. The van der Waals surface area contributed by atoms with Crippen molar-refractivity contribution in [3.63, 3.8) is 0 Å². The highest BCUT2D eigenvalue weighted by atomic mass is 32.2. The molecule has 0 fully saturated rings. The summed E-state index contributed by atoms with van der Waals surface area (Å²) in [6.07, 6.45) is 0. The van der Waals surface area contributed by atoms with Gasteiger partial charge in [-0.2, -0.15) is 0 Å². The SMILES string of the molecule is Cc1nc(NS(=O)(=O)c2cccc(CN)c2)sc1C. The van der Waals surface area contributed by atoms with Crippen molar-refractivity contribution in [3.8, 4) is 0 Å². The van der Waals surface area contributed by atoms with Crippen molar-refractivity contribution in [2.24, 2.45) is 5.73 Å². The molecule has 0 bridgehead atoms. The van der Waals surface area contributed by atoms with Crippen LogP contribution in [0.5, 0.6) is 0 Å². The van der Waals surface area contributed by atoms with Crippen LogP contribution in [0, 0.1) is 13.8 Å². The van der Waals surface area contributed by atoms with Gasteiger partial charge in [-0.1, -0.05) is 12.1 Å². The molecule has 0 unspecified atom stereocenters. The Morgan fingerprint density at radius 1 is 1.37 bits per heavy atom. The zero-order valence-electron chi connectivity index (χ0n) is 10.7. The van der Waals surface area contributed by atoms with Crippen LogP contribution in [0.4, 0.5) is 5.13 Å². The molecule has 0 aliphatic rings. The first kappa shape index (κ1) is 14.0. The van der Waals surface area contributed by atoms with Gasteiger partial charge in [0.2, 0.25) is 0 Å². The first-order chi connectivity index (χ1) is 8.92. The molecular weight excluding hydrogens is 282 g/mol. The Morgan fingerprint density at radius 3 is 2.68 bits per heavy atom. The number of rotatable bonds is 4. The van der Waals surface area contributed by atoms with Crippen LogP contribution < -0.4 is 10.5 Å². The summed E-state index contributed by atoms with van der Waals surface area (Å²) in [4.78, 5) is 5.36. The van der Waals surface area contributed by atoms with Gasteiger partial charge in [0.15, 0.2) is 5.13 Å². The maximum atomic E-state index is 12.2. The molecular formula is C12H15N3O2S2. The second kappa shape index (κ2) is 5.28. The number of sulfonamides is 1. The zero-order chi connectivity index (χ0) is 14.0. The molecule has 2 rings (SSSR count). The van der Waals surface area contributed by atoms with E-state index in [4.69, 9.17) is 5.73 Å². The molecule has 1 heterocycles. The minimum absolute atomic E-state index is 0.195. The van der Waals surface area contributed by atoms with Gasteiger partial charge in [-0.15, -0.1) is 11.3 Å². The summed E-state index contributed by atoms with van der Waals surface area (Å²) in [5, 5.41) is 0.383. The molecule has 2 aromatic rings. The van der Waals surface area contributed by atoms with Gasteiger partial charge in [0.25, 0.3) is 10.0 Å². The largest absolute Gasteiger partial charge is 0.326 e. The Balaban J connectivity index is 2.31. The van der Waals surface area contributed by atoms with Gasteiger partial charge in [-0.05, 0) is 31.5 Å². The van der Waals surface area contributed by atoms with Crippen molar-refractivity contribution in [2.45, 2.75) is 25.3 Å². The summed E-state index contributed by atoms with van der Waals surface area (Å²) in [5.74, 6) is 0. The molecule has 5 nitrogen and oxygen atoms in total. The van der Waals surface area contributed by atoms with Gasteiger partial charge in [-0.3, -0.25) is 4.72 Å². The maximum Gasteiger partial charge on any atom is 0.263 e. The van der Waals surface area contributed by atoms with Crippen LogP contribution in [0.25, 0.3) is 0 Å². The number of benzene rings is 1. The number of thiazole rings is 1. The molecule has 0 saturated carbocycles. The van der Waals surface area contributed by atoms with E-state index in [-0.39, 0.29) is 4.90 Å². The smallest absolute Gasteiger partial charge is 0.263 e. The van der Waals surface area contributed by atoms with Gasteiger partial charge in [0, 0.05) is 11.4 Å². The molecule has 0 aliphatic carbocycles. The molecule has 0 amide bonds. The Morgan fingerprint density at radius 2 is 2.11 bits per heavy atom. The normalized spacial score (nSPS) is 11.5. The summed E-state index contributed by atoms with van der Waals surface area (Å²) >= 11 is 1.32. The quantitative estimate of drug-likeness (QED) is 0.904. The van der Waals surface area contributed by atoms with Crippen molar-refractivity contribution in [2.75, 3.05) is 4.72 Å². The van der Waals surface area contributed by atoms with E-state index >= 15 is 0 Å². The monoisotopic (exact) mass is 297 g/mol. The van der Waals surface area contributed by atoms with Gasteiger partial charge in [0.05, 0.1) is 10.6 Å². The predicted molar refractivity (Wildman–Crippen MR) is 76.7 cm³/mol. The molecule has 0 aliphatic heterocycles. The van der Waals surface area contributed by atoms with Gasteiger partial charge in [0.1, 0.15) is 0 Å². The Kier molecular flexibility index (Phi) is 3.88. The third kappa shape index (κ3) is 3.12. The standard InChI is InChI=1S/C12H15N3O2S2/c1-8-9(2)18-12(14-8)15-19(16,17)11-5-3-4-10(6-11)7-13/h3-6H,7,13H2,1-2H3,(H,14,15). The Bertz CT molecular complexity index is 673. The highest BCUT2D eigenvalue weighted by molar-refractivity contribution is 7.93. The molecule has 3 N–H and O–H groups in total. The van der Waals surface area contributed by atoms with Crippen LogP contribution in [0.15, 0.2) is 29.2 Å². The van der Waals surface area contributed by atoms with Gasteiger partial charge in [-0.25, -0.2) is 13.4 Å². The number of hydrogen-bond donors (Lipinski definition) is 2. The first-order valence-electron chi connectivity index (χ1n) is 5.68. The van der Waals surface area contributed by atoms with E-state index in [9.17, 15) is 8.42 Å². The second-order valence-electron chi connectivity index (χ2n) is 4.12. The number of nitrogens with zero attached hydrogens (tertiary/aromatic N) is 1. The average Bonchev–Trinajstić information content (AvgIpc) is 2.67. The fraction of sp³-hybridized carbons (Fsp3) is 0.250. The van der Waals surface area contributed by atoms with E-state index in [0.29, 0.717) is 11.7 Å². The Labute approximate surface area is 116 Å². The molecule has 0 atom stereocenters. The molecule has 0 spiro atoms.